The number of methoxy groups -OCH3 is 1. The molecule has 0 radical (unpaired) electrons. The molecule has 0 aliphatic carbocycles. The number of anilines is 1. The van der Waals surface area contributed by atoms with Crippen LogP contribution in [-0.2, 0) is 16.1 Å². The van der Waals surface area contributed by atoms with Gasteiger partial charge in [-0.2, -0.15) is 0 Å². The molecule has 0 bridgehead atoms. The van der Waals surface area contributed by atoms with E-state index in [1.165, 1.54) is 6.07 Å². The van der Waals surface area contributed by atoms with Gasteiger partial charge in [-0.05, 0) is 28.4 Å². The Morgan fingerprint density at radius 3 is 2.23 bits per heavy atom. The maximum absolute atomic E-state index is 14.7. The summed E-state index contributed by atoms with van der Waals surface area (Å²) in [6, 6.07) is 12.1. The van der Waals surface area contributed by atoms with E-state index in [9.17, 15) is 9.18 Å². The van der Waals surface area contributed by atoms with Gasteiger partial charge in [-0.1, -0.05) is 62.1 Å². The maximum Gasteiger partial charge on any atom is 0.246 e. The highest BCUT2D eigenvalue weighted by molar-refractivity contribution is 6.88. The van der Waals surface area contributed by atoms with Crippen molar-refractivity contribution < 1.29 is 13.9 Å². The van der Waals surface area contributed by atoms with E-state index < -0.39 is 14.1 Å². The van der Waals surface area contributed by atoms with Crippen LogP contribution in [0.15, 0.2) is 67.8 Å². The monoisotopic (exact) mass is 440 g/mol. The molecular weight excluding hydrogens is 407 g/mol. The number of hydrogen-bond donors (Lipinski definition) is 1. The van der Waals surface area contributed by atoms with E-state index in [2.05, 4.69) is 38.1 Å². The predicted molar refractivity (Wildman–Crippen MR) is 130 cm³/mol. The van der Waals surface area contributed by atoms with Gasteiger partial charge in [0.05, 0.1) is 14.7 Å². The number of carbonyl (C=O) groups excluding carboxylic acids is 1. The molecule has 1 unspecified atom stereocenters. The van der Waals surface area contributed by atoms with Gasteiger partial charge in [0.25, 0.3) is 0 Å². The van der Waals surface area contributed by atoms with Crippen LogP contribution in [0.2, 0.25) is 19.6 Å². The standard InChI is InChI=1S/C25H33FN2O2Si/c1-7-15-28(16-8-2)24(20-11-9-19(10-12-20)18-30-3)25(29)27-21-13-14-23(22(26)17-21)31(4,5)6/h7-14,17,24H,1-2,15-16,18H2,3-6H3,(H,27,29). The highest BCUT2D eigenvalue weighted by atomic mass is 28.3. The van der Waals surface area contributed by atoms with Gasteiger partial charge in [0.15, 0.2) is 0 Å². The van der Waals surface area contributed by atoms with E-state index in [1.807, 2.05) is 29.2 Å². The molecule has 2 rings (SSSR count). The van der Waals surface area contributed by atoms with Crippen molar-refractivity contribution in [1.82, 2.24) is 4.90 Å². The first-order valence-corrected chi connectivity index (χ1v) is 13.9. The second kappa shape index (κ2) is 11.2. The van der Waals surface area contributed by atoms with Crippen LogP contribution in [0.1, 0.15) is 17.2 Å². The minimum Gasteiger partial charge on any atom is -0.380 e. The zero-order chi connectivity index (χ0) is 23.0. The summed E-state index contributed by atoms with van der Waals surface area (Å²) in [5.74, 6) is -0.505. The molecule has 0 saturated heterocycles. The van der Waals surface area contributed by atoms with Gasteiger partial charge in [-0.25, -0.2) is 4.39 Å². The Kier molecular flexibility index (Phi) is 8.92. The molecule has 31 heavy (non-hydrogen) atoms. The van der Waals surface area contributed by atoms with Gasteiger partial charge < -0.3 is 10.1 Å². The Balaban J connectivity index is 2.36. The molecule has 4 nitrogen and oxygen atoms in total. The van der Waals surface area contributed by atoms with E-state index in [0.29, 0.717) is 25.4 Å². The van der Waals surface area contributed by atoms with Gasteiger partial charge in [-0.15, -0.1) is 13.2 Å². The average molecular weight is 441 g/mol. The van der Waals surface area contributed by atoms with E-state index in [1.54, 1.807) is 31.4 Å². The maximum atomic E-state index is 14.7. The highest BCUT2D eigenvalue weighted by Gasteiger charge is 2.27. The summed E-state index contributed by atoms with van der Waals surface area (Å²) >= 11 is 0. The number of nitrogens with zero attached hydrogens (tertiary/aromatic N) is 1. The molecule has 1 amide bonds. The molecular formula is C25H33FN2O2Si. The minimum atomic E-state index is -1.80. The Labute approximate surface area is 186 Å². The number of amides is 1. The van der Waals surface area contributed by atoms with Crippen LogP contribution in [-0.4, -0.2) is 39.1 Å². The van der Waals surface area contributed by atoms with Crippen molar-refractivity contribution >= 4 is 24.9 Å². The van der Waals surface area contributed by atoms with Gasteiger partial charge in [0.1, 0.15) is 11.9 Å². The summed E-state index contributed by atoms with van der Waals surface area (Å²) in [5, 5.41) is 3.64. The van der Waals surface area contributed by atoms with Crippen LogP contribution >= 0.6 is 0 Å². The van der Waals surface area contributed by atoms with Crippen molar-refractivity contribution in [2.24, 2.45) is 0 Å². The van der Waals surface area contributed by atoms with Gasteiger partial charge in [0, 0.05) is 25.9 Å². The summed E-state index contributed by atoms with van der Waals surface area (Å²) < 4.78 is 19.8. The topological polar surface area (TPSA) is 41.6 Å². The normalized spacial score (nSPS) is 12.5. The van der Waals surface area contributed by atoms with Crippen molar-refractivity contribution in [3.63, 3.8) is 0 Å². The van der Waals surface area contributed by atoms with E-state index >= 15 is 0 Å². The van der Waals surface area contributed by atoms with Crippen molar-refractivity contribution in [2.75, 3.05) is 25.5 Å². The molecule has 2 aromatic carbocycles. The third-order valence-electron chi connectivity index (χ3n) is 4.99. The fourth-order valence-corrected chi connectivity index (χ4v) is 4.89. The van der Waals surface area contributed by atoms with Crippen LogP contribution in [0.25, 0.3) is 0 Å². The van der Waals surface area contributed by atoms with Gasteiger partial charge >= 0.3 is 0 Å². The van der Waals surface area contributed by atoms with Gasteiger partial charge in [-0.3, -0.25) is 9.69 Å². The largest absolute Gasteiger partial charge is 0.380 e. The minimum absolute atomic E-state index is 0.233. The molecule has 166 valence electrons. The lowest BCUT2D eigenvalue weighted by Crippen LogP contribution is -2.40. The zero-order valence-corrected chi connectivity index (χ0v) is 20.0. The average Bonchev–Trinajstić information content (AvgIpc) is 2.69. The summed E-state index contributed by atoms with van der Waals surface area (Å²) in [7, 11) is -0.150. The number of hydrogen-bond acceptors (Lipinski definition) is 3. The summed E-state index contributed by atoms with van der Waals surface area (Å²) in [6.07, 6.45) is 3.51. The number of nitrogens with one attached hydrogen (secondary N) is 1. The summed E-state index contributed by atoms with van der Waals surface area (Å²) in [5.41, 5.74) is 2.30. The number of carbonyl (C=O) groups is 1. The van der Waals surface area contributed by atoms with Crippen molar-refractivity contribution in [3.05, 3.63) is 84.7 Å². The molecule has 2 aromatic rings. The Morgan fingerprint density at radius 1 is 1.13 bits per heavy atom. The molecule has 1 N–H and O–H groups in total. The third-order valence-corrected chi connectivity index (χ3v) is 7.01. The van der Waals surface area contributed by atoms with E-state index in [-0.39, 0.29) is 11.7 Å². The number of ether oxygens (including phenoxy) is 1. The Bertz CT molecular complexity index is 897. The molecule has 0 heterocycles. The smallest absolute Gasteiger partial charge is 0.246 e. The van der Waals surface area contributed by atoms with Crippen molar-refractivity contribution in [2.45, 2.75) is 32.3 Å². The SMILES string of the molecule is C=CCN(CC=C)C(C(=O)Nc1ccc([Si](C)(C)C)c(F)c1)c1ccc(COC)cc1. The molecule has 0 aliphatic heterocycles. The number of rotatable bonds is 11. The first-order chi connectivity index (χ1) is 14.7. The Hall–Kier alpha value is -2.54. The predicted octanol–water partition coefficient (Wildman–Crippen LogP) is 4.87. The first kappa shape index (κ1) is 24.7. The third kappa shape index (κ3) is 6.72. The zero-order valence-electron chi connectivity index (χ0n) is 19.0. The molecule has 6 heteroatoms. The van der Waals surface area contributed by atoms with Crippen molar-refractivity contribution in [1.29, 1.82) is 0 Å². The lowest BCUT2D eigenvalue weighted by molar-refractivity contribution is -0.121. The molecule has 1 atom stereocenters. The molecule has 0 aromatic heterocycles. The number of benzene rings is 2. The second-order valence-electron chi connectivity index (χ2n) is 8.54. The number of halogens is 1. The summed E-state index contributed by atoms with van der Waals surface area (Å²) in [4.78, 5) is 15.3. The van der Waals surface area contributed by atoms with Crippen LogP contribution in [0.5, 0.6) is 0 Å². The van der Waals surface area contributed by atoms with Crippen LogP contribution < -0.4 is 10.5 Å². The fraction of sp³-hybridized carbons (Fsp3) is 0.320. The molecule has 0 aliphatic rings. The second-order valence-corrected chi connectivity index (χ2v) is 13.6. The fourth-order valence-electron chi connectivity index (χ4n) is 3.52. The lowest BCUT2D eigenvalue weighted by Gasteiger charge is -2.29. The Morgan fingerprint density at radius 2 is 1.74 bits per heavy atom. The molecule has 0 spiro atoms. The van der Waals surface area contributed by atoms with Crippen LogP contribution in [0.4, 0.5) is 10.1 Å². The first-order valence-electron chi connectivity index (χ1n) is 10.4. The lowest BCUT2D eigenvalue weighted by atomic mass is 10.0. The molecule has 0 fully saturated rings. The van der Waals surface area contributed by atoms with Crippen LogP contribution in [0, 0.1) is 5.82 Å². The van der Waals surface area contributed by atoms with Gasteiger partial charge in [0.2, 0.25) is 5.91 Å². The molecule has 0 saturated carbocycles. The highest BCUT2D eigenvalue weighted by Crippen LogP contribution is 2.24. The quantitative estimate of drug-likeness (QED) is 0.400. The van der Waals surface area contributed by atoms with E-state index in [0.717, 1.165) is 16.3 Å². The van der Waals surface area contributed by atoms with E-state index in [4.69, 9.17) is 4.74 Å². The summed E-state index contributed by atoms with van der Waals surface area (Å²) in [6.45, 7) is 15.4. The van der Waals surface area contributed by atoms with Crippen LogP contribution in [0.3, 0.4) is 0 Å². The van der Waals surface area contributed by atoms with Crippen molar-refractivity contribution in [3.8, 4) is 0 Å².